The molecule has 0 bridgehead atoms. The summed E-state index contributed by atoms with van der Waals surface area (Å²) in [7, 11) is 1.79. The number of pyridine rings is 1. The van der Waals surface area contributed by atoms with Crippen molar-refractivity contribution < 1.29 is 9.53 Å². The predicted octanol–water partition coefficient (Wildman–Crippen LogP) is 1.12. The first-order valence-corrected chi connectivity index (χ1v) is 7.14. The van der Waals surface area contributed by atoms with Crippen LogP contribution in [0.3, 0.4) is 0 Å². The van der Waals surface area contributed by atoms with Crippen molar-refractivity contribution in [3.8, 4) is 0 Å². The molecular formula is C15H23N3O2. The number of aryl methyl sites for hydroxylation is 1. The van der Waals surface area contributed by atoms with Crippen LogP contribution in [-0.2, 0) is 16.1 Å². The Bertz CT molecular complexity index is 444. The average molecular weight is 277 g/mol. The van der Waals surface area contributed by atoms with Gasteiger partial charge in [-0.15, -0.1) is 0 Å². The Labute approximate surface area is 120 Å². The first-order chi connectivity index (χ1) is 9.65. The number of hydrogen-bond donors (Lipinski definition) is 1. The highest BCUT2D eigenvalue weighted by molar-refractivity contribution is 5.77. The molecule has 1 N–H and O–H groups in total. The molecule has 1 fully saturated rings. The Morgan fingerprint density at radius 3 is 2.90 bits per heavy atom. The molecule has 0 unspecified atom stereocenters. The van der Waals surface area contributed by atoms with E-state index in [9.17, 15) is 4.79 Å². The molecule has 1 amide bonds. The molecule has 20 heavy (non-hydrogen) atoms. The van der Waals surface area contributed by atoms with Crippen LogP contribution in [0.5, 0.6) is 0 Å². The summed E-state index contributed by atoms with van der Waals surface area (Å²) in [6, 6.07) is 5.84. The van der Waals surface area contributed by atoms with Gasteiger partial charge >= 0.3 is 0 Å². The number of piperidine rings is 1. The van der Waals surface area contributed by atoms with Crippen molar-refractivity contribution in [2.45, 2.75) is 32.4 Å². The van der Waals surface area contributed by atoms with E-state index in [2.05, 4.69) is 10.3 Å². The first-order valence-electron chi connectivity index (χ1n) is 7.14. The number of carbonyl (C=O) groups is 1. The van der Waals surface area contributed by atoms with E-state index in [1.165, 1.54) is 0 Å². The number of aromatic nitrogens is 1. The van der Waals surface area contributed by atoms with Gasteiger partial charge in [0.2, 0.25) is 5.91 Å². The van der Waals surface area contributed by atoms with E-state index >= 15 is 0 Å². The van der Waals surface area contributed by atoms with Crippen molar-refractivity contribution in [2.75, 3.05) is 26.7 Å². The van der Waals surface area contributed by atoms with Crippen LogP contribution in [0.4, 0.5) is 0 Å². The molecule has 0 spiro atoms. The topological polar surface area (TPSA) is 54.5 Å². The molecule has 1 aliphatic heterocycles. The van der Waals surface area contributed by atoms with Crippen molar-refractivity contribution in [2.24, 2.45) is 0 Å². The van der Waals surface area contributed by atoms with Crippen molar-refractivity contribution in [3.63, 3.8) is 0 Å². The molecular weight excluding hydrogens is 254 g/mol. The zero-order valence-electron chi connectivity index (χ0n) is 12.3. The fourth-order valence-electron chi connectivity index (χ4n) is 2.28. The van der Waals surface area contributed by atoms with Crippen LogP contribution in [0, 0.1) is 6.92 Å². The van der Waals surface area contributed by atoms with Crippen LogP contribution in [0.15, 0.2) is 18.2 Å². The number of amides is 1. The lowest BCUT2D eigenvalue weighted by Gasteiger charge is -2.24. The second-order valence-corrected chi connectivity index (χ2v) is 5.28. The number of rotatable bonds is 5. The van der Waals surface area contributed by atoms with E-state index in [1.807, 2.05) is 25.1 Å². The second kappa shape index (κ2) is 7.36. The fraction of sp³-hybridized carbons (Fsp3) is 0.600. The molecule has 0 atom stereocenters. The normalized spacial score (nSPS) is 16.1. The summed E-state index contributed by atoms with van der Waals surface area (Å²) in [6.45, 7) is 4.58. The summed E-state index contributed by atoms with van der Waals surface area (Å²) in [5, 5.41) is 3.28. The smallest absolute Gasteiger partial charge is 0.248 e. The minimum atomic E-state index is 0.00633. The van der Waals surface area contributed by atoms with Crippen molar-refractivity contribution in [1.82, 2.24) is 15.2 Å². The number of ether oxygens (including phenoxy) is 1. The highest BCUT2D eigenvalue weighted by Crippen LogP contribution is 2.08. The quantitative estimate of drug-likeness (QED) is 0.876. The summed E-state index contributed by atoms with van der Waals surface area (Å²) in [5.74, 6) is 0.00633. The number of nitrogens with zero attached hydrogens (tertiary/aromatic N) is 2. The largest absolute Gasteiger partial charge is 0.368 e. The van der Waals surface area contributed by atoms with Gasteiger partial charge in [0, 0.05) is 12.7 Å². The maximum atomic E-state index is 12.0. The van der Waals surface area contributed by atoms with E-state index in [1.54, 1.807) is 11.9 Å². The van der Waals surface area contributed by atoms with Crippen molar-refractivity contribution in [3.05, 3.63) is 29.6 Å². The Morgan fingerprint density at radius 1 is 1.45 bits per heavy atom. The molecule has 2 rings (SSSR count). The van der Waals surface area contributed by atoms with Crippen LogP contribution in [0.25, 0.3) is 0 Å². The molecule has 0 saturated carbocycles. The standard InChI is InChI=1S/C15H23N3O2/c1-12-4-3-5-13(17-12)10-18(2)15(19)11-20-14-6-8-16-9-7-14/h3-5,14,16H,6-11H2,1-2H3. The Morgan fingerprint density at radius 2 is 2.20 bits per heavy atom. The van der Waals surface area contributed by atoms with Gasteiger partial charge in [-0.05, 0) is 45.0 Å². The molecule has 0 radical (unpaired) electrons. The predicted molar refractivity (Wildman–Crippen MR) is 77.3 cm³/mol. The van der Waals surface area contributed by atoms with E-state index in [-0.39, 0.29) is 18.6 Å². The third-order valence-electron chi connectivity index (χ3n) is 3.50. The molecule has 1 saturated heterocycles. The molecule has 5 nitrogen and oxygen atoms in total. The maximum Gasteiger partial charge on any atom is 0.248 e. The Hall–Kier alpha value is -1.46. The number of carbonyl (C=O) groups excluding carboxylic acids is 1. The van der Waals surface area contributed by atoms with Crippen molar-refractivity contribution in [1.29, 1.82) is 0 Å². The molecule has 2 heterocycles. The highest BCUT2D eigenvalue weighted by atomic mass is 16.5. The summed E-state index contributed by atoms with van der Waals surface area (Å²) in [4.78, 5) is 18.1. The first kappa shape index (κ1) is 14.9. The number of nitrogens with one attached hydrogen (secondary N) is 1. The molecule has 1 aromatic rings. The van der Waals surface area contributed by atoms with Gasteiger partial charge < -0.3 is 15.0 Å². The highest BCUT2D eigenvalue weighted by Gasteiger charge is 2.16. The van der Waals surface area contributed by atoms with Crippen LogP contribution in [-0.4, -0.2) is 48.6 Å². The lowest BCUT2D eigenvalue weighted by molar-refractivity contribution is -0.138. The zero-order valence-corrected chi connectivity index (χ0v) is 12.3. The van der Waals surface area contributed by atoms with Gasteiger partial charge in [0.05, 0.1) is 18.3 Å². The lowest BCUT2D eigenvalue weighted by atomic mass is 10.1. The minimum absolute atomic E-state index is 0.00633. The summed E-state index contributed by atoms with van der Waals surface area (Å²) < 4.78 is 5.68. The zero-order chi connectivity index (χ0) is 14.4. The van der Waals surface area contributed by atoms with Gasteiger partial charge in [-0.3, -0.25) is 9.78 Å². The third kappa shape index (κ3) is 4.58. The Kier molecular flexibility index (Phi) is 5.49. The third-order valence-corrected chi connectivity index (χ3v) is 3.50. The van der Waals surface area contributed by atoms with Crippen LogP contribution in [0.1, 0.15) is 24.2 Å². The molecule has 0 aromatic carbocycles. The molecule has 1 aliphatic rings. The SMILES string of the molecule is Cc1cccc(CN(C)C(=O)COC2CCNCC2)n1. The van der Waals surface area contributed by atoms with Gasteiger partial charge in [-0.25, -0.2) is 0 Å². The molecule has 1 aromatic heterocycles. The van der Waals surface area contributed by atoms with Gasteiger partial charge in [-0.2, -0.15) is 0 Å². The van der Waals surface area contributed by atoms with E-state index in [0.717, 1.165) is 37.3 Å². The molecule has 110 valence electrons. The number of likely N-dealkylation sites (N-methyl/N-ethyl adjacent to an activating group) is 1. The summed E-state index contributed by atoms with van der Waals surface area (Å²) in [5.41, 5.74) is 1.87. The van der Waals surface area contributed by atoms with Crippen LogP contribution in [0.2, 0.25) is 0 Å². The van der Waals surface area contributed by atoms with E-state index in [0.29, 0.717) is 6.54 Å². The van der Waals surface area contributed by atoms with Crippen LogP contribution < -0.4 is 5.32 Å². The van der Waals surface area contributed by atoms with Gasteiger partial charge in [-0.1, -0.05) is 6.07 Å². The summed E-state index contributed by atoms with van der Waals surface area (Å²) >= 11 is 0. The van der Waals surface area contributed by atoms with Gasteiger partial charge in [0.15, 0.2) is 0 Å². The average Bonchev–Trinajstić information content (AvgIpc) is 2.46. The van der Waals surface area contributed by atoms with Crippen molar-refractivity contribution >= 4 is 5.91 Å². The second-order valence-electron chi connectivity index (χ2n) is 5.28. The van der Waals surface area contributed by atoms with Gasteiger partial charge in [0.1, 0.15) is 6.61 Å². The molecule has 0 aliphatic carbocycles. The number of hydrogen-bond acceptors (Lipinski definition) is 4. The van der Waals surface area contributed by atoms with Crippen LogP contribution >= 0.6 is 0 Å². The van der Waals surface area contributed by atoms with E-state index < -0.39 is 0 Å². The fourth-order valence-corrected chi connectivity index (χ4v) is 2.28. The maximum absolute atomic E-state index is 12.0. The summed E-state index contributed by atoms with van der Waals surface area (Å²) in [6.07, 6.45) is 2.18. The lowest BCUT2D eigenvalue weighted by Crippen LogP contribution is -2.36. The van der Waals surface area contributed by atoms with Gasteiger partial charge in [0.25, 0.3) is 0 Å². The minimum Gasteiger partial charge on any atom is -0.368 e. The van der Waals surface area contributed by atoms with E-state index in [4.69, 9.17) is 4.74 Å². The molecule has 5 heteroatoms. The monoisotopic (exact) mass is 277 g/mol. The Balaban J connectivity index is 1.76.